The molecule has 0 saturated heterocycles. The van der Waals surface area contributed by atoms with E-state index < -0.39 is 0 Å². The SMILES string of the molecule is CC(C)c1nc(-c2ccc(Oc3ccccc3)cc2)cs1. The fraction of sp³-hybridized carbons (Fsp3) is 0.167. The zero-order chi connectivity index (χ0) is 14.7. The predicted molar refractivity (Wildman–Crippen MR) is 88.2 cm³/mol. The molecule has 0 aliphatic carbocycles. The van der Waals surface area contributed by atoms with Crippen molar-refractivity contribution < 1.29 is 4.74 Å². The maximum Gasteiger partial charge on any atom is 0.127 e. The smallest absolute Gasteiger partial charge is 0.127 e. The van der Waals surface area contributed by atoms with Crippen LogP contribution in [0.2, 0.25) is 0 Å². The monoisotopic (exact) mass is 295 g/mol. The van der Waals surface area contributed by atoms with E-state index in [0.29, 0.717) is 5.92 Å². The molecule has 1 aromatic heterocycles. The first-order valence-corrected chi connectivity index (χ1v) is 7.89. The summed E-state index contributed by atoms with van der Waals surface area (Å²) < 4.78 is 5.79. The van der Waals surface area contributed by atoms with Crippen LogP contribution in [0.4, 0.5) is 0 Å². The third kappa shape index (κ3) is 3.31. The van der Waals surface area contributed by atoms with Gasteiger partial charge in [-0.2, -0.15) is 0 Å². The number of nitrogens with zero attached hydrogens (tertiary/aromatic N) is 1. The highest BCUT2D eigenvalue weighted by atomic mass is 32.1. The number of para-hydroxylation sites is 1. The highest BCUT2D eigenvalue weighted by Crippen LogP contribution is 2.28. The zero-order valence-corrected chi connectivity index (χ0v) is 12.9. The largest absolute Gasteiger partial charge is 0.457 e. The summed E-state index contributed by atoms with van der Waals surface area (Å²) >= 11 is 1.72. The standard InChI is InChI=1S/C18H17NOS/c1-13(2)18-19-17(12-21-18)14-8-10-16(11-9-14)20-15-6-4-3-5-7-15/h3-13H,1-2H3. The van der Waals surface area contributed by atoms with Gasteiger partial charge in [-0.25, -0.2) is 4.98 Å². The van der Waals surface area contributed by atoms with Crippen molar-refractivity contribution in [1.82, 2.24) is 4.98 Å². The number of aromatic nitrogens is 1. The molecule has 0 spiro atoms. The second-order valence-corrected chi connectivity index (χ2v) is 6.05. The third-order valence-corrected chi connectivity index (χ3v) is 4.29. The number of hydrogen-bond donors (Lipinski definition) is 0. The molecular weight excluding hydrogens is 278 g/mol. The molecule has 2 aromatic carbocycles. The topological polar surface area (TPSA) is 22.1 Å². The first kappa shape index (κ1) is 13.8. The van der Waals surface area contributed by atoms with Crippen molar-refractivity contribution >= 4 is 11.3 Å². The van der Waals surface area contributed by atoms with E-state index in [1.165, 1.54) is 5.01 Å². The summed E-state index contributed by atoms with van der Waals surface area (Å²) in [5.74, 6) is 2.16. The fourth-order valence-corrected chi connectivity index (χ4v) is 2.85. The van der Waals surface area contributed by atoms with E-state index in [0.717, 1.165) is 22.8 Å². The summed E-state index contributed by atoms with van der Waals surface area (Å²) in [6.45, 7) is 4.33. The van der Waals surface area contributed by atoms with Crippen molar-refractivity contribution in [3.63, 3.8) is 0 Å². The van der Waals surface area contributed by atoms with Gasteiger partial charge in [-0.05, 0) is 36.4 Å². The van der Waals surface area contributed by atoms with E-state index in [-0.39, 0.29) is 0 Å². The van der Waals surface area contributed by atoms with Crippen LogP contribution in [0, 0.1) is 0 Å². The summed E-state index contributed by atoms with van der Waals surface area (Å²) in [5.41, 5.74) is 2.16. The minimum Gasteiger partial charge on any atom is -0.457 e. The summed E-state index contributed by atoms with van der Waals surface area (Å²) in [6.07, 6.45) is 0. The van der Waals surface area contributed by atoms with Crippen LogP contribution in [0.1, 0.15) is 24.8 Å². The van der Waals surface area contributed by atoms with Gasteiger partial charge in [0.05, 0.1) is 10.7 Å². The van der Waals surface area contributed by atoms with Crippen LogP contribution in [-0.2, 0) is 0 Å². The van der Waals surface area contributed by atoms with Crippen LogP contribution >= 0.6 is 11.3 Å². The maximum absolute atomic E-state index is 5.79. The second-order valence-electron chi connectivity index (χ2n) is 5.17. The van der Waals surface area contributed by atoms with Crippen molar-refractivity contribution in [3.05, 3.63) is 65.0 Å². The van der Waals surface area contributed by atoms with Gasteiger partial charge in [-0.1, -0.05) is 32.0 Å². The molecule has 3 heteroatoms. The molecule has 0 fully saturated rings. The zero-order valence-electron chi connectivity index (χ0n) is 12.1. The average Bonchev–Trinajstić information content (AvgIpc) is 2.99. The third-order valence-electron chi connectivity index (χ3n) is 3.14. The Hall–Kier alpha value is -2.13. The highest BCUT2D eigenvalue weighted by molar-refractivity contribution is 7.10. The van der Waals surface area contributed by atoms with E-state index in [1.54, 1.807) is 11.3 Å². The van der Waals surface area contributed by atoms with Crippen LogP contribution in [0.15, 0.2) is 60.0 Å². The molecule has 0 saturated carbocycles. The molecule has 21 heavy (non-hydrogen) atoms. The van der Waals surface area contributed by atoms with Gasteiger partial charge in [0.15, 0.2) is 0 Å². The first-order chi connectivity index (χ1) is 10.2. The van der Waals surface area contributed by atoms with Crippen molar-refractivity contribution in [2.45, 2.75) is 19.8 Å². The molecule has 3 rings (SSSR count). The fourth-order valence-electron chi connectivity index (χ4n) is 2.00. The van der Waals surface area contributed by atoms with Crippen LogP contribution < -0.4 is 4.74 Å². The Labute approximate surface area is 129 Å². The molecule has 0 N–H and O–H groups in total. The van der Waals surface area contributed by atoms with Crippen molar-refractivity contribution in [2.24, 2.45) is 0 Å². The van der Waals surface area contributed by atoms with Crippen molar-refractivity contribution in [2.75, 3.05) is 0 Å². The molecule has 0 bridgehead atoms. The molecule has 1 heterocycles. The van der Waals surface area contributed by atoms with E-state index in [4.69, 9.17) is 4.74 Å². The Morgan fingerprint density at radius 3 is 2.19 bits per heavy atom. The summed E-state index contributed by atoms with van der Waals surface area (Å²) in [4.78, 5) is 4.67. The molecule has 0 aliphatic heterocycles. The van der Waals surface area contributed by atoms with Gasteiger partial charge in [0.2, 0.25) is 0 Å². The Bertz CT molecular complexity index is 702. The van der Waals surface area contributed by atoms with Crippen LogP contribution in [-0.4, -0.2) is 4.98 Å². The van der Waals surface area contributed by atoms with Crippen LogP contribution in [0.3, 0.4) is 0 Å². The molecule has 0 aliphatic rings. The summed E-state index contributed by atoms with van der Waals surface area (Å²) in [7, 11) is 0. The number of rotatable bonds is 4. The number of ether oxygens (including phenoxy) is 1. The number of hydrogen-bond acceptors (Lipinski definition) is 3. The molecule has 106 valence electrons. The Morgan fingerprint density at radius 1 is 0.905 bits per heavy atom. The normalized spacial score (nSPS) is 10.8. The summed E-state index contributed by atoms with van der Waals surface area (Å²) in [5, 5.41) is 3.29. The summed E-state index contributed by atoms with van der Waals surface area (Å²) in [6, 6.07) is 17.9. The van der Waals surface area contributed by atoms with Gasteiger partial charge in [0.1, 0.15) is 11.5 Å². The minimum absolute atomic E-state index is 0.476. The lowest BCUT2D eigenvalue weighted by molar-refractivity contribution is 0.483. The second kappa shape index (κ2) is 6.10. The Kier molecular flexibility index (Phi) is 4.02. The van der Waals surface area contributed by atoms with E-state index in [2.05, 4.69) is 36.3 Å². The van der Waals surface area contributed by atoms with Crippen LogP contribution in [0.5, 0.6) is 11.5 Å². The highest BCUT2D eigenvalue weighted by Gasteiger charge is 2.07. The molecule has 0 unspecified atom stereocenters. The lowest BCUT2D eigenvalue weighted by atomic mass is 10.1. The first-order valence-electron chi connectivity index (χ1n) is 7.01. The lowest BCUT2D eigenvalue weighted by Crippen LogP contribution is -1.86. The van der Waals surface area contributed by atoms with E-state index >= 15 is 0 Å². The van der Waals surface area contributed by atoms with Gasteiger partial charge in [-0.3, -0.25) is 0 Å². The minimum atomic E-state index is 0.476. The average molecular weight is 295 g/mol. The van der Waals surface area contributed by atoms with E-state index in [9.17, 15) is 0 Å². The van der Waals surface area contributed by atoms with Gasteiger partial charge >= 0.3 is 0 Å². The van der Waals surface area contributed by atoms with Gasteiger partial charge in [0, 0.05) is 16.9 Å². The van der Waals surface area contributed by atoms with Crippen LogP contribution in [0.25, 0.3) is 11.3 Å². The van der Waals surface area contributed by atoms with Crippen molar-refractivity contribution in [1.29, 1.82) is 0 Å². The maximum atomic E-state index is 5.79. The lowest BCUT2D eigenvalue weighted by Gasteiger charge is -2.05. The van der Waals surface area contributed by atoms with E-state index in [1.807, 2.05) is 42.5 Å². The van der Waals surface area contributed by atoms with Gasteiger partial charge in [-0.15, -0.1) is 11.3 Å². The molecule has 2 nitrogen and oxygen atoms in total. The number of thiazole rings is 1. The Morgan fingerprint density at radius 2 is 1.57 bits per heavy atom. The molecule has 3 aromatic rings. The van der Waals surface area contributed by atoms with Gasteiger partial charge in [0.25, 0.3) is 0 Å². The molecule has 0 radical (unpaired) electrons. The Balaban J connectivity index is 1.77. The molecule has 0 atom stereocenters. The molecule has 0 amide bonds. The number of benzene rings is 2. The molecular formula is C18H17NOS. The van der Waals surface area contributed by atoms with Gasteiger partial charge < -0.3 is 4.74 Å². The quantitative estimate of drug-likeness (QED) is 0.613. The predicted octanol–water partition coefficient (Wildman–Crippen LogP) is 5.73. The van der Waals surface area contributed by atoms with Crippen molar-refractivity contribution in [3.8, 4) is 22.8 Å².